The molecule has 162 valence electrons. The van der Waals surface area contributed by atoms with Crippen LogP contribution in [-0.2, 0) is 11.2 Å². The third-order valence-electron chi connectivity index (χ3n) is 5.70. The van der Waals surface area contributed by atoms with Crippen LogP contribution < -0.4 is 9.64 Å². The van der Waals surface area contributed by atoms with Gasteiger partial charge in [0.05, 0.1) is 19.8 Å². The van der Waals surface area contributed by atoms with Crippen molar-refractivity contribution in [3.05, 3.63) is 83.4 Å². The molecule has 5 rings (SSSR count). The van der Waals surface area contributed by atoms with Gasteiger partial charge in [-0.25, -0.2) is 0 Å². The van der Waals surface area contributed by atoms with Crippen LogP contribution in [0.4, 0.5) is 5.69 Å². The number of anilines is 1. The van der Waals surface area contributed by atoms with Gasteiger partial charge >= 0.3 is 0 Å². The third kappa shape index (κ3) is 3.25. The lowest BCUT2D eigenvalue weighted by Crippen LogP contribution is -2.29. The van der Waals surface area contributed by atoms with Gasteiger partial charge in [0.2, 0.25) is 0 Å². The maximum absolute atomic E-state index is 13.5. The fourth-order valence-corrected chi connectivity index (χ4v) is 4.21. The summed E-state index contributed by atoms with van der Waals surface area (Å²) in [6.07, 6.45) is 2.15. The summed E-state index contributed by atoms with van der Waals surface area (Å²) in [7, 11) is 3.29. The molecule has 1 aliphatic heterocycles. The zero-order chi connectivity index (χ0) is 22.1. The summed E-state index contributed by atoms with van der Waals surface area (Å²) in [6.45, 7) is 0.522. The summed E-state index contributed by atoms with van der Waals surface area (Å²) in [5.41, 5.74) is 5.46. The minimum absolute atomic E-state index is 0.162. The summed E-state index contributed by atoms with van der Waals surface area (Å²) in [6, 6.07) is 16.8. The number of ether oxygens (including phenoxy) is 2. The van der Waals surface area contributed by atoms with Gasteiger partial charge in [0, 0.05) is 47.7 Å². The monoisotopic (exact) mass is 430 g/mol. The van der Waals surface area contributed by atoms with E-state index in [2.05, 4.69) is 15.4 Å². The predicted molar refractivity (Wildman–Crippen MR) is 118 cm³/mol. The molecule has 1 amide bonds. The minimum atomic E-state index is -0.378. The lowest BCUT2D eigenvalue weighted by Gasteiger charge is -2.27. The zero-order valence-electron chi connectivity index (χ0n) is 17.7. The third-order valence-corrected chi connectivity index (χ3v) is 5.70. The first-order valence-electron chi connectivity index (χ1n) is 10.3. The van der Waals surface area contributed by atoms with E-state index < -0.39 is 0 Å². The van der Waals surface area contributed by atoms with Crippen molar-refractivity contribution in [3.8, 4) is 17.0 Å². The molecule has 1 unspecified atom stereocenters. The van der Waals surface area contributed by atoms with Crippen molar-refractivity contribution in [2.75, 3.05) is 25.7 Å². The van der Waals surface area contributed by atoms with E-state index in [1.165, 1.54) is 6.26 Å². The van der Waals surface area contributed by atoms with Crippen LogP contribution in [-0.4, -0.2) is 42.1 Å². The van der Waals surface area contributed by atoms with Gasteiger partial charge in [-0.3, -0.25) is 14.8 Å². The van der Waals surface area contributed by atoms with E-state index in [4.69, 9.17) is 14.0 Å². The first-order chi connectivity index (χ1) is 15.7. The van der Waals surface area contributed by atoms with Crippen LogP contribution >= 0.6 is 0 Å². The molecule has 1 atom stereocenters. The molecule has 0 aliphatic carbocycles. The van der Waals surface area contributed by atoms with Gasteiger partial charge in [-0.2, -0.15) is 5.10 Å². The number of aromatic nitrogens is 3. The van der Waals surface area contributed by atoms with Crippen LogP contribution in [0, 0.1) is 0 Å². The second-order valence-corrected chi connectivity index (χ2v) is 7.46. The number of nitrogens with one attached hydrogen (secondary N) is 1. The zero-order valence-corrected chi connectivity index (χ0v) is 17.7. The average molecular weight is 430 g/mol. The molecule has 2 aromatic carbocycles. The number of amides is 1. The molecule has 1 aliphatic rings. The van der Waals surface area contributed by atoms with E-state index in [1.54, 1.807) is 25.2 Å². The number of carbonyl (C=O) groups is 1. The van der Waals surface area contributed by atoms with Crippen LogP contribution in [0.1, 0.15) is 33.4 Å². The van der Waals surface area contributed by atoms with E-state index in [0.29, 0.717) is 24.5 Å². The molecular weight excluding hydrogens is 408 g/mol. The predicted octanol–water partition coefficient (Wildman–Crippen LogP) is 4.01. The molecule has 0 spiro atoms. The van der Waals surface area contributed by atoms with Gasteiger partial charge in [-0.15, -0.1) is 0 Å². The minimum Gasteiger partial charge on any atom is -0.496 e. The summed E-state index contributed by atoms with van der Waals surface area (Å²) < 4.78 is 15.9. The maximum Gasteiger partial charge on any atom is 0.280 e. The number of hydrogen-bond acceptors (Lipinski definition) is 6. The topological polar surface area (TPSA) is 93.5 Å². The number of nitrogens with zero attached hydrogens (tertiary/aromatic N) is 3. The van der Waals surface area contributed by atoms with Crippen LogP contribution in [0.3, 0.4) is 0 Å². The fraction of sp³-hybridized carbons (Fsp3) is 0.208. The summed E-state index contributed by atoms with van der Waals surface area (Å²) in [5.74, 6) is 0.547. The highest BCUT2D eigenvalue weighted by Crippen LogP contribution is 2.45. The molecule has 0 bridgehead atoms. The Morgan fingerprint density at radius 1 is 1.09 bits per heavy atom. The quantitative estimate of drug-likeness (QED) is 0.476. The van der Waals surface area contributed by atoms with Crippen molar-refractivity contribution in [1.29, 1.82) is 0 Å². The molecular formula is C24H22N4O4. The Labute approximate surface area is 184 Å². The van der Waals surface area contributed by atoms with Gasteiger partial charge < -0.3 is 14.0 Å². The Bertz CT molecular complexity index is 1230. The molecule has 8 heteroatoms. The lowest BCUT2D eigenvalue weighted by atomic mass is 9.96. The van der Waals surface area contributed by atoms with E-state index in [9.17, 15) is 4.79 Å². The molecule has 0 radical (unpaired) electrons. The molecule has 0 fully saturated rings. The highest BCUT2D eigenvalue weighted by atomic mass is 16.5. The van der Waals surface area contributed by atoms with Gasteiger partial charge in [-0.1, -0.05) is 35.5 Å². The van der Waals surface area contributed by atoms with E-state index in [1.807, 2.05) is 48.5 Å². The first kappa shape index (κ1) is 20.0. The Morgan fingerprint density at radius 3 is 2.62 bits per heavy atom. The maximum atomic E-state index is 13.5. The summed E-state index contributed by atoms with van der Waals surface area (Å²) in [5, 5.41) is 11.4. The molecule has 0 saturated carbocycles. The van der Waals surface area contributed by atoms with Crippen LogP contribution in [0.25, 0.3) is 11.3 Å². The number of hydrogen-bond donors (Lipinski definition) is 1. The molecule has 8 nitrogen and oxygen atoms in total. The van der Waals surface area contributed by atoms with Crippen molar-refractivity contribution in [3.63, 3.8) is 0 Å². The summed E-state index contributed by atoms with van der Waals surface area (Å²) in [4.78, 5) is 15.3. The highest BCUT2D eigenvalue weighted by Gasteiger charge is 2.44. The van der Waals surface area contributed by atoms with E-state index >= 15 is 0 Å². The van der Waals surface area contributed by atoms with Gasteiger partial charge in [-0.05, 0) is 18.2 Å². The number of aromatic amines is 1. The lowest BCUT2D eigenvalue weighted by molar-refractivity contribution is 0.0988. The largest absolute Gasteiger partial charge is 0.496 e. The standard InChI is InChI=1S/C24H22N4O4/c1-30-13-11-19-21-22(26-25-19)24(29)28(23(21)17-5-3-4-6-20(17)31-2)16-9-7-15(8-10-16)18-12-14-32-27-18/h3-10,12,14,23H,11,13H2,1-2H3,(H,25,26). The first-order valence-corrected chi connectivity index (χ1v) is 10.3. The van der Waals surface area contributed by atoms with Gasteiger partial charge in [0.1, 0.15) is 17.7 Å². The van der Waals surface area contributed by atoms with Crippen molar-refractivity contribution in [2.45, 2.75) is 12.5 Å². The Hall–Kier alpha value is -3.91. The normalized spacial score (nSPS) is 15.2. The Morgan fingerprint density at radius 2 is 1.91 bits per heavy atom. The average Bonchev–Trinajstić information content (AvgIpc) is 3.56. The molecule has 0 saturated heterocycles. The fourth-order valence-electron chi connectivity index (χ4n) is 4.21. The molecule has 32 heavy (non-hydrogen) atoms. The Balaban J connectivity index is 1.62. The smallest absolute Gasteiger partial charge is 0.280 e. The molecule has 3 heterocycles. The van der Waals surface area contributed by atoms with Crippen LogP contribution in [0.2, 0.25) is 0 Å². The molecule has 4 aromatic rings. The van der Waals surface area contributed by atoms with E-state index in [0.717, 1.165) is 33.8 Å². The number of fused-ring (bicyclic) bond motifs is 1. The number of para-hydroxylation sites is 1. The number of benzene rings is 2. The van der Waals surface area contributed by atoms with Crippen molar-refractivity contribution in [1.82, 2.24) is 15.4 Å². The Kier molecular flexibility index (Phi) is 5.20. The van der Waals surface area contributed by atoms with Crippen molar-refractivity contribution in [2.24, 2.45) is 0 Å². The van der Waals surface area contributed by atoms with Crippen molar-refractivity contribution >= 4 is 11.6 Å². The number of methoxy groups -OCH3 is 2. The van der Waals surface area contributed by atoms with Gasteiger partial charge in [0.25, 0.3) is 5.91 Å². The van der Waals surface area contributed by atoms with E-state index in [-0.39, 0.29) is 11.9 Å². The summed E-state index contributed by atoms with van der Waals surface area (Å²) >= 11 is 0. The molecule has 1 N–H and O–H groups in total. The van der Waals surface area contributed by atoms with Crippen LogP contribution in [0.5, 0.6) is 5.75 Å². The SMILES string of the molecule is COCCc1[nH]nc2c1C(c1ccccc1OC)N(c1ccc(-c3ccon3)cc1)C2=O. The number of H-pyrrole nitrogens is 1. The number of rotatable bonds is 7. The van der Waals surface area contributed by atoms with Crippen molar-refractivity contribution < 1.29 is 18.8 Å². The second kappa shape index (κ2) is 8.32. The molecule has 2 aromatic heterocycles. The second-order valence-electron chi connectivity index (χ2n) is 7.46. The highest BCUT2D eigenvalue weighted by molar-refractivity contribution is 6.10. The number of carbonyl (C=O) groups excluding carboxylic acids is 1. The van der Waals surface area contributed by atoms with Gasteiger partial charge in [0.15, 0.2) is 5.69 Å². The van der Waals surface area contributed by atoms with Crippen LogP contribution in [0.15, 0.2) is 65.4 Å².